The van der Waals surface area contributed by atoms with Crippen LogP contribution in [0, 0.1) is 5.92 Å². The summed E-state index contributed by atoms with van der Waals surface area (Å²) in [6.45, 7) is 9.02. The average molecular weight is 544 g/mol. The van der Waals surface area contributed by atoms with E-state index < -0.39 is 28.7 Å². The van der Waals surface area contributed by atoms with Crippen molar-refractivity contribution < 1.29 is 14.0 Å². The first-order valence-corrected chi connectivity index (χ1v) is 13.1. The van der Waals surface area contributed by atoms with Crippen molar-refractivity contribution in [1.82, 2.24) is 30.0 Å². The second-order valence-electron chi connectivity index (χ2n) is 10.4. The van der Waals surface area contributed by atoms with Gasteiger partial charge in [-0.25, -0.2) is 4.98 Å². The highest BCUT2D eigenvalue weighted by Gasteiger charge is 2.35. The van der Waals surface area contributed by atoms with Gasteiger partial charge in [0.05, 0.1) is 29.0 Å². The summed E-state index contributed by atoms with van der Waals surface area (Å²) in [5.74, 6) is -1.62. The number of aromatic nitrogens is 5. The molecule has 0 aliphatic heterocycles. The molecule has 1 atom stereocenters. The van der Waals surface area contributed by atoms with Gasteiger partial charge in [-0.05, 0) is 43.4 Å². The molecule has 0 spiro atoms. The van der Waals surface area contributed by atoms with Crippen LogP contribution in [0.1, 0.15) is 62.5 Å². The van der Waals surface area contributed by atoms with Crippen molar-refractivity contribution in [2.75, 3.05) is 5.73 Å². The van der Waals surface area contributed by atoms with E-state index >= 15 is 0 Å². The molecule has 3 heterocycles. The number of aryl methyl sites for hydroxylation is 1. The van der Waals surface area contributed by atoms with Gasteiger partial charge in [0.2, 0.25) is 17.6 Å². The van der Waals surface area contributed by atoms with Crippen molar-refractivity contribution in [2.24, 2.45) is 5.92 Å². The number of ketones is 1. The Morgan fingerprint density at radius 3 is 2.40 bits per heavy atom. The zero-order valence-electron chi connectivity index (χ0n) is 23.2. The second kappa shape index (κ2) is 11.6. The van der Waals surface area contributed by atoms with Crippen molar-refractivity contribution >= 4 is 17.5 Å². The summed E-state index contributed by atoms with van der Waals surface area (Å²) in [7, 11) is 0. The van der Waals surface area contributed by atoms with Crippen LogP contribution in [0.25, 0.3) is 11.3 Å². The lowest BCUT2D eigenvalue weighted by Gasteiger charge is -2.21. The van der Waals surface area contributed by atoms with Crippen LogP contribution in [0.3, 0.4) is 0 Å². The lowest BCUT2D eigenvalue weighted by molar-refractivity contribution is -0.122. The van der Waals surface area contributed by atoms with E-state index in [4.69, 9.17) is 10.2 Å². The standard InChI is InChI=1S/C29H33N7O4/c1-6-18-12-13-21(31-14-18)29(4,5)28-35-34-26(40-28)24(38)23(17(2)3)33-22(37)16-36-20(15-32-25(30)27(36)39)19-10-8-7-9-11-19/h7-15,17,23H,6,16H2,1-5H3,(H2,30,32)(H,33,37)/t23-/m1/s1. The number of benzene rings is 1. The first-order chi connectivity index (χ1) is 19.0. The van der Waals surface area contributed by atoms with Gasteiger partial charge in [0.15, 0.2) is 5.82 Å². The van der Waals surface area contributed by atoms with Crippen LogP contribution in [0.2, 0.25) is 0 Å². The molecule has 208 valence electrons. The summed E-state index contributed by atoms with van der Waals surface area (Å²) in [5, 5.41) is 10.8. The predicted octanol–water partition coefficient (Wildman–Crippen LogP) is 3.18. The van der Waals surface area contributed by atoms with E-state index in [1.54, 1.807) is 32.2 Å². The van der Waals surface area contributed by atoms with Gasteiger partial charge in [-0.2, -0.15) is 0 Å². The SMILES string of the molecule is CCc1ccc(C(C)(C)c2nnc(C(=O)[C@H](NC(=O)Cn3c(-c4ccccc4)cnc(N)c3=O)C(C)C)o2)nc1. The number of carbonyl (C=O) groups excluding carboxylic acids is 2. The summed E-state index contributed by atoms with van der Waals surface area (Å²) in [6, 6.07) is 12.0. The minimum Gasteiger partial charge on any atom is -0.417 e. The number of amides is 1. The smallest absolute Gasteiger partial charge is 0.294 e. The Kier molecular flexibility index (Phi) is 8.22. The molecule has 4 rings (SSSR count). The number of carbonyl (C=O) groups is 2. The normalized spacial score (nSPS) is 12.3. The Bertz CT molecular complexity index is 1560. The molecule has 0 radical (unpaired) electrons. The Balaban J connectivity index is 1.55. The molecule has 4 aromatic rings. The number of nitrogen functional groups attached to an aromatic ring is 1. The molecular weight excluding hydrogens is 510 g/mol. The number of hydrogen-bond acceptors (Lipinski definition) is 9. The van der Waals surface area contributed by atoms with Crippen molar-refractivity contribution in [2.45, 2.75) is 59.0 Å². The molecule has 1 amide bonds. The van der Waals surface area contributed by atoms with Crippen molar-refractivity contribution in [1.29, 1.82) is 0 Å². The summed E-state index contributed by atoms with van der Waals surface area (Å²) in [5.41, 5.74) is 7.33. The molecule has 11 heteroatoms. The molecule has 0 saturated carbocycles. The number of hydrogen-bond donors (Lipinski definition) is 2. The van der Waals surface area contributed by atoms with Crippen LogP contribution in [0.4, 0.5) is 5.82 Å². The van der Waals surface area contributed by atoms with Gasteiger partial charge in [-0.1, -0.05) is 57.2 Å². The second-order valence-corrected chi connectivity index (χ2v) is 10.4. The van der Waals surface area contributed by atoms with E-state index in [1.807, 2.05) is 44.2 Å². The third-order valence-electron chi connectivity index (χ3n) is 6.76. The summed E-state index contributed by atoms with van der Waals surface area (Å²) in [6.07, 6.45) is 4.11. The van der Waals surface area contributed by atoms with Crippen LogP contribution in [-0.2, 0) is 23.2 Å². The molecule has 0 unspecified atom stereocenters. The number of nitrogens with one attached hydrogen (secondary N) is 1. The summed E-state index contributed by atoms with van der Waals surface area (Å²) >= 11 is 0. The maximum absolute atomic E-state index is 13.4. The lowest BCUT2D eigenvalue weighted by atomic mass is 9.88. The fourth-order valence-electron chi connectivity index (χ4n) is 4.22. The molecule has 0 bridgehead atoms. The van der Waals surface area contributed by atoms with Gasteiger partial charge in [-0.15, -0.1) is 10.2 Å². The fourth-order valence-corrected chi connectivity index (χ4v) is 4.22. The molecule has 40 heavy (non-hydrogen) atoms. The van der Waals surface area contributed by atoms with Crippen LogP contribution in [-0.4, -0.2) is 42.5 Å². The largest absolute Gasteiger partial charge is 0.417 e. The van der Waals surface area contributed by atoms with E-state index in [2.05, 4.69) is 32.4 Å². The molecule has 3 N–H and O–H groups in total. The summed E-state index contributed by atoms with van der Waals surface area (Å²) < 4.78 is 7.06. The molecule has 0 saturated heterocycles. The highest BCUT2D eigenvalue weighted by atomic mass is 16.4. The third-order valence-corrected chi connectivity index (χ3v) is 6.76. The topological polar surface area (TPSA) is 159 Å². The maximum Gasteiger partial charge on any atom is 0.294 e. The molecule has 3 aromatic heterocycles. The minimum absolute atomic E-state index is 0.220. The number of pyridine rings is 1. The highest BCUT2D eigenvalue weighted by Crippen LogP contribution is 2.29. The molecule has 11 nitrogen and oxygen atoms in total. The van der Waals surface area contributed by atoms with E-state index in [9.17, 15) is 14.4 Å². The van der Waals surface area contributed by atoms with Gasteiger partial charge >= 0.3 is 0 Å². The lowest BCUT2D eigenvalue weighted by Crippen LogP contribution is -2.46. The molecular formula is C29H33N7O4. The average Bonchev–Trinajstić information content (AvgIpc) is 3.46. The Morgan fingerprint density at radius 2 is 1.77 bits per heavy atom. The first-order valence-electron chi connectivity index (χ1n) is 13.1. The third kappa shape index (κ3) is 5.83. The Hall–Kier alpha value is -4.67. The zero-order chi connectivity index (χ0) is 29.0. The van der Waals surface area contributed by atoms with E-state index in [0.717, 1.165) is 17.7 Å². The monoisotopic (exact) mass is 543 g/mol. The van der Waals surface area contributed by atoms with Crippen LogP contribution < -0.4 is 16.6 Å². The van der Waals surface area contributed by atoms with Crippen molar-refractivity contribution in [3.8, 4) is 11.3 Å². The molecule has 1 aromatic carbocycles. The minimum atomic E-state index is -0.971. The van der Waals surface area contributed by atoms with Gasteiger partial charge in [0, 0.05) is 6.20 Å². The highest BCUT2D eigenvalue weighted by molar-refractivity contribution is 5.98. The number of Topliss-reactive ketones (excluding diaryl/α,β-unsaturated/α-hetero) is 1. The zero-order valence-corrected chi connectivity index (χ0v) is 23.2. The Morgan fingerprint density at radius 1 is 1.05 bits per heavy atom. The number of anilines is 1. The molecule has 0 aliphatic carbocycles. The van der Waals surface area contributed by atoms with Crippen molar-refractivity contribution in [3.63, 3.8) is 0 Å². The van der Waals surface area contributed by atoms with Gasteiger partial charge < -0.3 is 15.5 Å². The van der Waals surface area contributed by atoms with Gasteiger partial charge in [0.25, 0.3) is 11.4 Å². The maximum atomic E-state index is 13.4. The van der Waals surface area contributed by atoms with Crippen LogP contribution in [0.15, 0.2) is 64.1 Å². The molecule has 0 fully saturated rings. The number of rotatable bonds is 10. The number of nitrogens with zero attached hydrogens (tertiary/aromatic N) is 5. The van der Waals surface area contributed by atoms with Gasteiger partial charge in [-0.3, -0.25) is 23.9 Å². The van der Waals surface area contributed by atoms with E-state index in [1.165, 1.54) is 10.8 Å². The van der Waals surface area contributed by atoms with Crippen LogP contribution in [0.5, 0.6) is 0 Å². The quantitative estimate of drug-likeness (QED) is 0.286. The Labute approximate surface area is 231 Å². The fraction of sp³-hybridized carbons (Fsp3) is 0.345. The summed E-state index contributed by atoms with van der Waals surface area (Å²) in [4.78, 5) is 47.9. The molecule has 0 aliphatic rings. The van der Waals surface area contributed by atoms with E-state index in [0.29, 0.717) is 11.3 Å². The van der Waals surface area contributed by atoms with Crippen LogP contribution >= 0.6 is 0 Å². The predicted molar refractivity (Wildman–Crippen MR) is 149 cm³/mol. The number of nitrogens with two attached hydrogens (primary N) is 1. The van der Waals surface area contributed by atoms with Gasteiger partial charge in [0.1, 0.15) is 6.54 Å². The van der Waals surface area contributed by atoms with E-state index in [-0.39, 0.29) is 30.1 Å². The first kappa shape index (κ1) is 28.3. The van der Waals surface area contributed by atoms with Crippen molar-refractivity contribution in [3.05, 3.63) is 88.3 Å².